The van der Waals surface area contributed by atoms with E-state index in [2.05, 4.69) is 6.58 Å². The molecule has 1 N–H and O–H groups in total. The van der Waals surface area contributed by atoms with Gasteiger partial charge in [0.1, 0.15) is 0 Å². The van der Waals surface area contributed by atoms with Gasteiger partial charge in [-0.25, -0.2) is 0 Å². The zero-order valence-corrected chi connectivity index (χ0v) is 9.42. The molecule has 0 fully saturated rings. The first-order valence-electron chi connectivity index (χ1n) is 3.62. The van der Waals surface area contributed by atoms with Gasteiger partial charge in [-0.3, -0.25) is 0 Å². The Balaban J connectivity index is 4.24. The van der Waals surface area contributed by atoms with E-state index < -0.39 is 15.8 Å². The molecule has 0 spiro atoms. The van der Waals surface area contributed by atoms with Gasteiger partial charge < -0.3 is 5.11 Å². The quantitative estimate of drug-likeness (QED) is 0.582. The van der Waals surface area contributed by atoms with Crippen molar-refractivity contribution >= 4 is 34.8 Å². The van der Waals surface area contributed by atoms with Crippen molar-refractivity contribution in [2.45, 2.75) is 36.1 Å². The molecule has 0 aromatic carbocycles. The van der Waals surface area contributed by atoms with Crippen molar-refractivity contribution in [2.75, 3.05) is 0 Å². The van der Waals surface area contributed by atoms with Crippen LogP contribution in [0.3, 0.4) is 0 Å². The summed E-state index contributed by atoms with van der Waals surface area (Å²) in [7, 11) is 0. The molecule has 0 bridgehead atoms. The zero-order valence-electron chi connectivity index (χ0n) is 7.15. The Bertz CT molecular complexity index is 166. The minimum Gasteiger partial charge on any atom is -0.390 e. The molecule has 12 heavy (non-hydrogen) atoms. The molecule has 72 valence electrons. The highest BCUT2D eigenvalue weighted by atomic mass is 35.5. The molecule has 0 aromatic rings. The molecule has 1 nitrogen and oxygen atoms in total. The van der Waals surface area contributed by atoms with Crippen molar-refractivity contribution in [1.29, 1.82) is 0 Å². The highest BCUT2D eigenvalue weighted by Gasteiger charge is 2.38. The van der Waals surface area contributed by atoms with E-state index in [9.17, 15) is 5.11 Å². The Kier molecular flexibility index (Phi) is 4.93. The van der Waals surface area contributed by atoms with E-state index in [1.165, 1.54) is 0 Å². The number of alkyl halides is 3. The van der Waals surface area contributed by atoms with Gasteiger partial charge in [-0.2, -0.15) is 0 Å². The molecule has 0 aliphatic carbocycles. The predicted octanol–water partition coefficient (Wildman–Crippen LogP) is 3.11. The molecule has 0 rings (SSSR count). The van der Waals surface area contributed by atoms with Gasteiger partial charge in [0.05, 0.1) is 11.5 Å². The summed E-state index contributed by atoms with van der Waals surface area (Å²) in [5.74, 6) is 0. The summed E-state index contributed by atoms with van der Waals surface area (Å²) in [6.07, 6.45) is -0.504. The molecule has 0 amide bonds. The molecule has 0 radical (unpaired) electrons. The molecule has 0 saturated carbocycles. The molecule has 0 heterocycles. The van der Waals surface area contributed by atoms with Gasteiger partial charge in [-0.05, 0) is 20.3 Å². The Labute approximate surface area is 88.3 Å². The molecular formula is C8H13Cl3O. The molecule has 0 aliphatic heterocycles. The fourth-order valence-corrected chi connectivity index (χ4v) is 1.03. The van der Waals surface area contributed by atoms with Crippen LogP contribution in [-0.2, 0) is 0 Å². The average molecular weight is 232 g/mol. The summed E-state index contributed by atoms with van der Waals surface area (Å²) < 4.78 is -1.31. The third-order valence-electron chi connectivity index (χ3n) is 1.52. The van der Waals surface area contributed by atoms with E-state index in [0.29, 0.717) is 6.42 Å². The van der Waals surface area contributed by atoms with Crippen LogP contribution in [0.2, 0.25) is 0 Å². The van der Waals surface area contributed by atoms with Crippen LogP contribution in [0.4, 0.5) is 0 Å². The number of aliphatic hydroxyl groups excluding tert-OH is 1. The Morgan fingerprint density at radius 3 is 2.25 bits per heavy atom. The largest absolute Gasteiger partial charge is 0.390 e. The fraction of sp³-hybridized carbons (Fsp3) is 0.750. The summed E-state index contributed by atoms with van der Waals surface area (Å²) in [4.78, 5) is 0. The number of aliphatic hydroxyl groups is 1. The molecule has 2 atom stereocenters. The summed E-state index contributed by atoms with van der Waals surface area (Å²) in [5.41, 5.74) is 0.825. The van der Waals surface area contributed by atoms with Crippen LogP contribution in [0.15, 0.2) is 12.2 Å². The van der Waals surface area contributed by atoms with E-state index in [1.807, 2.05) is 0 Å². The Morgan fingerprint density at radius 1 is 1.58 bits per heavy atom. The normalized spacial score (nSPS) is 17.2. The number of hydrogen-bond acceptors (Lipinski definition) is 1. The summed E-state index contributed by atoms with van der Waals surface area (Å²) >= 11 is 17.3. The molecular weight excluding hydrogens is 218 g/mol. The second kappa shape index (κ2) is 4.71. The van der Waals surface area contributed by atoms with Crippen molar-refractivity contribution in [3.63, 3.8) is 0 Å². The van der Waals surface area contributed by atoms with Crippen LogP contribution in [-0.4, -0.2) is 20.9 Å². The number of halogens is 3. The highest BCUT2D eigenvalue weighted by molar-refractivity contribution is 6.52. The first-order chi connectivity index (χ1) is 5.28. The maximum Gasteiger partial charge on any atom is 0.160 e. The van der Waals surface area contributed by atoms with Crippen LogP contribution in [0.1, 0.15) is 20.3 Å². The van der Waals surface area contributed by atoms with Gasteiger partial charge in [0, 0.05) is 0 Å². The fourth-order valence-electron chi connectivity index (χ4n) is 0.731. The van der Waals surface area contributed by atoms with Crippen LogP contribution in [0.5, 0.6) is 0 Å². The van der Waals surface area contributed by atoms with E-state index in [4.69, 9.17) is 34.8 Å². The van der Waals surface area contributed by atoms with Gasteiger partial charge in [0.15, 0.2) is 4.33 Å². The topological polar surface area (TPSA) is 20.2 Å². The standard InChI is InChI=1S/C8H13Cl3O/c1-5(2)4-7(12)8(10,11)6(3)9/h6-7,12H,1,4H2,2-3H3. The number of rotatable bonds is 4. The van der Waals surface area contributed by atoms with Crippen molar-refractivity contribution in [1.82, 2.24) is 0 Å². The molecule has 0 aromatic heterocycles. The number of hydrogen-bond donors (Lipinski definition) is 1. The lowest BCUT2D eigenvalue weighted by Gasteiger charge is -2.28. The maximum absolute atomic E-state index is 9.51. The molecule has 2 unspecified atom stereocenters. The predicted molar refractivity (Wildman–Crippen MR) is 55.2 cm³/mol. The lowest BCUT2D eigenvalue weighted by atomic mass is 10.1. The van der Waals surface area contributed by atoms with Crippen molar-refractivity contribution in [2.24, 2.45) is 0 Å². The first kappa shape index (κ1) is 12.6. The second-order valence-corrected chi connectivity index (χ2v) is 5.07. The first-order valence-corrected chi connectivity index (χ1v) is 4.82. The Hall–Kier alpha value is 0.570. The average Bonchev–Trinajstić information content (AvgIpc) is 1.85. The van der Waals surface area contributed by atoms with Gasteiger partial charge >= 0.3 is 0 Å². The summed E-state index contributed by atoms with van der Waals surface area (Å²) in [6, 6.07) is 0. The molecule has 0 saturated heterocycles. The lowest BCUT2D eigenvalue weighted by molar-refractivity contribution is 0.155. The minimum atomic E-state index is -1.31. The highest BCUT2D eigenvalue weighted by Crippen LogP contribution is 2.35. The van der Waals surface area contributed by atoms with Gasteiger partial charge in [-0.15, -0.1) is 18.2 Å². The SMILES string of the molecule is C=C(C)CC(O)C(Cl)(Cl)C(C)Cl. The van der Waals surface area contributed by atoms with Crippen molar-refractivity contribution < 1.29 is 5.11 Å². The maximum atomic E-state index is 9.51. The van der Waals surface area contributed by atoms with Gasteiger partial charge in [-0.1, -0.05) is 28.8 Å². The smallest absolute Gasteiger partial charge is 0.160 e. The zero-order chi connectivity index (χ0) is 9.94. The van der Waals surface area contributed by atoms with E-state index in [-0.39, 0.29) is 0 Å². The van der Waals surface area contributed by atoms with Gasteiger partial charge in [0.2, 0.25) is 0 Å². The Morgan fingerprint density at radius 2 is 2.00 bits per heavy atom. The lowest BCUT2D eigenvalue weighted by Crippen LogP contribution is -2.38. The van der Waals surface area contributed by atoms with Crippen molar-refractivity contribution in [3.05, 3.63) is 12.2 Å². The molecule has 4 heteroatoms. The summed E-state index contributed by atoms with van der Waals surface area (Å²) in [6.45, 7) is 7.09. The molecule has 0 aliphatic rings. The van der Waals surface area contributed by atoms with E-state index >= 15 is 0 Å². The van der Waals surface area contributed by atoms with Crippen molar-refractivity contribution in [3.8, 4) is 0 Å². The summed E-state index contributed by atoms with van der Waals surface area (Å²) in [5, 5.41) is 9.00. The van der Waals surface area contributed by atoms with Crippen LogP contribution in [0, 0.1) is 0 Å². The van der Waals surface area contributed by atoms with Crippen LogP contribution in [0.25, 0.3) is 0 Å². The van der Waals surface area contributed by atoms with E-state index in [1.54, 1.807) is 13.8 Å². The monoisotopic (exact) mass is 230 g/mol. The van der Waals surface area contributed by atoms with Gasteiger partial charge in [0.25, 0.3) is 0 Å². The van der Waals surface area contributed by atoms with Crippen LogP contribution < -0.4 is 0 Å². The second-order valence-electron chi connectivity index (χ2n) is 2.97. The third-order valence-corrected chi connectivity index (χ3v) is 3.24. The van der Waals surface area contributed by atoms with E-state index in [0.717, 1.165) is 5.57 Å². The minimum absolute atomic E-state index is 0.365. The van der Waals surface area contributed by atoms with Crippen LogP contribution >= 0.6 is 34.8 Å². The third kappa shape index (κ3) is 3.53.